The van der Waals surface area contributed by atoms with E-state index in [9.17, 15) is 8.42 Å². The quantitative estimate of drug-likeness (QED) is 0.865. The number of nitrogens with one attached hydrogen (secondary N) is 1. The second kappa shape index (κ2) is 6.42. The van der Waals surface area contributed by atoms with E-state index in [2.05, 4.69) is 15.3 Å². The SMILES string of the molecule is CN(C1CCNCC1)S(=O)(=O)c1cnccn1.Cl. The van der Waals surface area contributed by atoms with Crippen LogP contribution in [0.1, 0.15) is 12.8 Å². The summed E-state index contributed by atoms with van der Waals surface area (Å²) in [5, 5.41) is 3.23. The lowest BCUT2D eigenvalue weighted by Crippen LogP contribution is -2.44. The van der Waals surface area contributed by atoms with Crippen LogP contribution in [0.5, 0.6) is 0 Å². The predicted molar refractivity (Wildman–Crippen MR) is 70.1 cm³/mol. The van der Waals surface area contributed by atoms with Crippen LogP contribution in [-0.2, 0) is 10.0 Å². The van der Waals surface area contributed by atoms with Crippen molar-refractivity contribution in [2.75, 3.05) is 20.1 Å². The molecule has 0 spiro atoms. The minimum Gasteiger partial charge on any atom is -0.317 e. The maximum absolute atomic E-state index is 12.2. The monoisotopic (exact) mass is 292 g/mol. The van der Waals surface area contributed by atoms with Crippen molar-refractivity contribution in [3.63, 3.8) is 0 Å². The Kier molecular flexibility index (Phi) is 5.46. The summed E-state index contributed by atoms with van der Waals surface area (Å²) in [5.41, 5.74) is 0. The number of nitrogens with zero attached hydrogens (tertiary/aromatic N) is 3. The zero-order chi connectivity index (χ0) is 12.3. The Balaban J connectivity index is 0.00000162. The molecule has 0 aromatic carbocycles. The van der Waals surface area contributed by atoms with Gasteiger partial charge in [-0.3, -0.25) is 4.98 Å². The molecule has 0 radical (unpaired) electrons. The molecule has 0 unspecified atom stereocenters. The first-order chi connectivity index (χ1) is 8.12. The second-order valence-electron chi connectivity index (χ2n) is 4.05. The number of rotatable bonds is 3. The molecule has 1 aliphatic rings. The average molecular weight is 293 g/mol. The highest BCUT2D eigenvalue weighted by Gasteiger charge is 2.29. The summed E-state index contributed by atoms with van der Waals surface area (Å²) in [5.74, 6) is 0. The van der Waals surface area contributed by atoms with Gasteiger partial charge in [-0.2, -0.15) is 4.31 Å². The van der Waals surface area contributed by atoms with Gasteiger partial charge in [-0.25, -0.2) is 13.4 Å². The third kappa shape index (κ3) is 3.17. The molecule has 102 valence electrons. The molecule has 1 saturated heterocycles. The van der Waals surface area contributed by atoms with Crippen molar-refractivity contribution in [1.29, 1.82) is 0 Å². The number of piperidine rings is 1. The van der Waals surface area contributed by atoms with Gasteiger partial charge in [0, 0.05) is 25.5 Å². The Hall–Kier alpha value is -0.760. The average Bonchev–Trinajstić information content (AvgIpc) is 2.40. The molecular weight excluding hydrogens is 276 g/mol. The van der Waals surface area contributed by atoms with E-state index >= 15 is 0 Å². The van der Waals surface area contributed by atoms with Gasteiger partial charge >= 0.3 is 0 Å². The largest absolute Gasteiger partial charge is 0.317 e. The van der Waals surface area contributed by atoms with E-state index < -0.39 is 10.0 Å². The summed E-state index contributed by atoms with van der Waals surface area (Å²) >= 11 is 0. The van der Waals surface area contributed by atoms with Gasteiger partial charge < -0.3 is 5.32 Å². The molecule has 0 aliphatic carbocycles. The van der Waals surface area contributed by atoms with Crippen molar-refractivity contribution in [3.05, 3.63) is 18.6 Å². The van der Waals surface area contributed by atoms with Crippen LogP contribution in [0.4, 0.5) is 0 Å². The lowest BCUT2D eigenvalue weighted by molar-refractivity contribution is 0.295. The fourth-order valence-electron chi connectivity index (χ4n) is 1.93. The van der Waals surface area contributed by atoms with Crippen molar-refractivity contribution in [2.24, 2.45) is 0 Å². The molecule has 1 fully saturated rings. The van der Waals surface area contributed by atoms with Gasteiger partial charge in [-0.1, -0.05) is 0 Å². The summed E-state index contributed by atoms with van der Waals surface area (Å²) in [6.07, 6.45) is 5.80. The Labute approximate surface area is 113 Å². The van der Waals surface area contributed by atoms with Crippen molar-refractivity contribution < 1.29 is 8.42 Å². The van der Waals surface area contributed by atoms with Crippen molar-refractivity contribution in [1.82, 2.24) is 19.6 Å². The Morgan fingerprint density at radius 3 is 2.56 bits per heavy atom. The highest BCUT2D eigenvalue weighted by atomic mass is 35.5. The number of halogens is 1. The molecule has 0 bridgehead atoms. The van der Waals surface area contributed by atoms with Gasteiger partial charge in [-0.15, -0.1) is 12.4 Å². The molecule has 0 saturated carbocycles. The van der Waals surface area contributed by atoms with Crippen LogP contribution in [0.2, 0.25) is 0 Å². The van der Waals surface area contributed by atoms with Crippen LogP contribution < -0.4 is 5.32 Å². The normalized spacial score (nSPS) is 17.4. The first kappa shape index (κ1) is 15.3. The first-order valence-corrected chi connectivity index (χ1v) is 7.01. The Morgan fingerprint density at radius 1 is 1.33 bits per heavy atom. The Morgan fingerprint density at radius 2 is 2.00 bits per heavy atom. The molecule has 1 aromatic heterocycles. The predicted octanol–water partition coefficient (Wildman–Crippen LogP) is 0.271. The molecule has 0 atom stereocenters. The zero-order valence-corrected chi connectivity index (χ0v) is 11.7. The van der Waals surface area contributed by atoms with Gasteiger partial charge in [0.1, 0.15) is 0 Å². The highest BCUT2D eigenvalue weighted by Crippen LogP contribution is 2.18. The third-order valence-corrected chi connectivity index (χ3v) is 4.80. The summed E-state index contributed by atoms with van der Waals surface area (Å²) in [6, 6.07) is 0.0447. The van der Waals surface area contributed by atoms with Crippen LogP contribution in [0.3, 0.4) is 0 Å². The van der Waals surface area contributed by atoms with E-state index in [4.69, 9.17) is 0 Å². The lowest BCUT2D eigenvalue weighted by atomic mass is 10.1. The zero-order valence-electron chi connectivity index (χ0n) is 10.1. The molecular formula is C10H17ClN4O2S. The summed E-state index contributed by atoms with van der Waals surface area (Å²) < 4.78 is 25.9. The van der Waals surface area contributed by atoms with Crippen molar-refractivity contribution in [3.8, 4) is 0 Å². The molecule has 2 rings (SSSR count). The second-order valence-corrected chi connectivity index (χ2v) is 5.99. The molecule has 2 heterocycles. The van der Waals surface area contributed by atoms with E-state index in [1.165, 1.54) is 22.9 Å². The van der Waals surface area contributed by atoms with Gasteiger partial charge in [0.05, 0.1) is 6.20 Å². The van der Waals surface area contributed by atoms with Crippen LogP contribution in [0.15, 0.2) is 23.6 Å². The number of sulfonamides is 1. The highest BCUT2D eigenvalue weighted by molar-refractivity contribution is 7.89. The van der Waals surface area contributed by atoms with E-state index in [0.717, 1.165) is 25.9 Å². The van der Waals surface area contributed by atoms with Crippen molar-refractivity contribution >= 4 is 22.4 Å². The molecule has 0 amide bonds. The minimum atomic E-state index is -3.51. The lowest BCUT2D eigenvalue weighted by Gasteiger charge is -2.30. The smallest absolute Gasteiger partial charge is 0.262 e. The maximum atomic E-state index is 12.2. The molecule has 1 N–H and O–H groups in total. The van der Waals surface area contributed by atoms with E-state index in [1.807, 2.05) is 0 Å². The van der Waals surface area contributed by atoms with Crippen LogP contribution in [0, 0.1) is 0 Å². The number of hydrogen-bond acceptors (Lipinski definition) is 5. The van der Waals surface area contributed by atoms with Gasteiger partial charge in [0.2, 0.25) is 0 Å². The van der Waals surface area contributed by atoms with Gasteiger partial charge in [0.15, 0.2) is 5.03 Å². The molecule has 6 nitrogen and oxygen atoms in total. The number of aromatic nitrogens is 2. The Bertz CT molecular complexity index is 462. The maximum Gasteiger partial charge on any atom is 0.262 e. The standard InChI is InChI=1S/C10H16N4O2S.ClH/c1-14(9-2-4-11-5-3-9)17(15,16)10-8-12-6-7-13-10;/h6-9,11H,2-5H2,1H3;1H. The third-order valence-electron chi connectivity index (χ3n) is 3.01. The van der Waals surface area contributed by atoms with E-state index in [0.29, 0.717) is 0 Å². The summed E-state index contributed by atoms with van der Waals surface area (Å²) in [4.78, 5) is 7.66. The molecule has 8 heteroatoms. The van der Waals surface area contributed by atoms with Crippen molar-refractivity contribution in [2.45, 2.75) is 23.9 Å². The van der Waals surface area contributed by atoms with Crippen LogP contribution in [-0.4, -0.2) is 48.9 Å². The van der Waals surface area contributed by atoms with E-state index in [-0.39, 0.29) is 23.5 Å². The van der Waals surface area contributed by atoms with Crippen LogP contribution >= 0.6 is 12.4 Å². The molecule has 18 heavy (non-hydrogen) atoms. The minimum absolute atomic E-state index is 0. The van der Waals surface area contributed by atoms with Gasteiger partial charge in [0.25, 0.3) is 10.0 Å². The number of hydrogen-bond donors (Lipinski definition) is 1. The van der Waals surface area contributed by atoms with Crippen LogP contribution in [0.25, 0.3) is 0 Å². The fourth-order valence-corrected chi connectivity index (χ4v) is 3.22. The topological polar surface area (TPSA) is 75.2 Å². The summed E-state index contributed by atoms with van der Waals surface area (Å²) in [6.45, 7) is 1.70. The van der Waals surface area contributed by atoms with E-state index in [1.54, 1.807) is 7.05 Å². The fraction of sp³-hybridized carbons (Fsp3) is 0.600. The first-order valence-electron chi connectivity index (χ1n) is 5.57. The van der Waals surface area contributed by atoms with Gasteiger partial charge in [-0.05, 0) is 25.9 Å². The molecule has 1 aliphatic heterocycles. The molecule has 1 aromatic rings. The summed E-state index contributed by atoms with van der Waals surface area (Å²) in [7, 11) is -1.90.